The molecule has 0 radical (unpaired) electrons. The number of benzene rings is 1. The maximum atomic E-state index is 12.8. The molecule has 7 nitrogen and oxygen atoms in total. The van der Waals surface area contributed by atoms with Crippen LogP contribution in [0.3, 0.4) is 0 Å². The lowest BCUT2D eigenvalue weighted by Crippen LogP contribution is -2.43. The molecule has 1 amide bonds. The van der Waals surface area contributed by atoms with E-state index in [0.717, 1.165) is 41.5 Å². The highest BCUT2D eigenvalue weighted by Crippen LogP contribution is 2.34. The summed E-state index contributed by atoms with van der Waals surface area (Å²) in [4.78, 5) is 19.5. The normalized spacial score (nSPS) is 18.8. The fourth-order valence-corrected chi connectivity index (χ4v) is 3.69. The van der Waals surface area contributed by atoms with Crippen molar-refractivity contribution in [3.63, 3.8) is 0 Å². The van der Waals surface area contributed by atoms with Gasteiger partial charge in [0.2, 0.25) is 12.7 Å². The smallest absolute Gasteiger partial charge is 0.231 e. The van der Waals surface area contributed by atoms with Gasteiger partial charge in [-0.1, -0.05) is 6.07 Å². The van der Waals surface area contributed by atoms with Crippen LogP contribution in [-0.4, -0.2) is 39.7 Å². The largest absolute Gasteiger partial charge is 0.454 e. The van der Waals surface area contributed by atoms with E-state index < -0.39 is 0 Å². The van der Waals surface area contributed by atoms with E-state index in [1.807, 2.05) is 43.7 Å². The van der Waals surface area contributed by atoms with E-state index in [0.29, 0.717) is 6.54 Å². The zero-order valence-electron chi connectivity index (χ0n) is 15.4. The molecule has 0 fully saturated rings. The molecule has 0 unspecified atom stereocenters. The van der Waals surface area contributed by atoms with Crippen LogP contribution < -0.4 is 14.8 Å². The Hall–Kier alpha value is -2.54. The van der Waals surface area contributed by atoms with E-state index in [4.69, 9.17) is 9.47 Å². The second-order valence-corrected chi connectivity index (χ2v) is 7.26. The summed E-state index contributed by atoms with van der Waals surface area (Å²) in [5, 5.41) is 3.05. The second kappa shape index (κ2) is 6.64. The number of aromatic nitrogens is 2. The number of ether oxygens (including phenoxy) is 2. The van der Waals surface area contributed by atoms with Crippen molar-refractivity contribution >= 4 is 5.91 Å². The molecule has 1 N–H and O–H groups in total. The van der Waals surface area contributed by atoms with Gasteiger partial charge in [-0.3, -0.25) is 9.69 Å². The molecule has 2 aliphatic rings. The number of nitrogens with one attached hydrogen (secondary N) is 1. The minimum Gasteiger partial charge on any atom is -0.454 e. The van der Waals surface area contributed by atoms with Crippen LogP contribution in [0.1, 0.15) is 36.7 Å². The number of carbonyl (C=O) groups is 1. The van der Waals surface area contributed by atoms with Gasteiger partial charge in [0.1, 0.15) is 0 Å². The van der Waals surface area contributed by atoms with E-state index in [2.05, 4.69) is 15.2 Å². The molecule has 0 saturated heterocycles. The molecule has 0 bridgehead atoms. The highest BCUT2D eigenvalue weighted by molar-refractivity contribution is 5.84. The number of aryl methyl sites for hydroxylation is 1. The van der Waals surface area contributed by atoms with Crippen molar-refractivity contribution in [1.82, 2.24) is 19.8 Å². The number of nitrogens with zero attached hydrogens (tertiary/aromatic N) is 3. The Balaban J connectivity index is 1.56. The molecule has 138 valence electrons. The second-order valence-electron chi connectivity index (χ2n) is 7.26. The summed E-state index contributed by atoms with van der Waals surface area (Å²) in [6, 6.07) is 6.12. The van der Waals surface area contributed by atoms with Crippen molar-refractivity contribution in [3.8, 4) is 11.5 Å². The summed E-state index contributed by atoms with van der Waals surface area (Å²) in [6.45, 7) is 6.37. The standard InChI is InChI=1S/C19H24N4O3/c1-12(2)21-19(24)14-8-23(9-15-18(14)22(3)10-20-15)7-13-4-5-16-17(6-13)26-11-25-16/h4-6,10,12,14H,7-9,11H2,1-3H3,(H,21,24)/t14-/m0/s1. The van der Waals surface area contributed by atoms with Crippen LogP contribution in [0.25, 0.3) is 0 Å². The fraction of sp³-hybridized carbons (Fsp3) is 0.474. The van der Waals surface area contributed by atoms with Crippen molar-refractivity contribution in [3.05, 3.63) is 41.5 Å². The minimum atomic E-state index is -0.220. The van der Waals surface area contributed by atoms with Crippen LogP contribution in [-0.2, 0) is 24.9 Å². The summed E-state index contributed by atoms with van der Waals surface area (Å²) in [5.41, 5.74) is 3.13. The Morgan fingerprint density at radius 2 is 2.15 bits per heavy atom. The number of fused-ring (bicyclic) bond motifs is 2. The predicted molar refractivity (Wildman–Crippen MR) is 95.9 cm³/mol. The van der Waals surface area contributed by atoms with Crippen molar-refractivity contribution in [1.29, 1.82) is 0 Å². The SMILES string of the molecule is CC(C)NC(=O)[C@H]1CN(Cc2ccc3c(c2)OCO3)Cc2ncn(C)c21. The molecule has 4 rings (SSSR count). The highest BCUT2D eigenvalue weighted by Gasteiger charge is 2.34. The van der Waals surface area contributed by atoms with Gasteiger partial charge < -0.3 is 19.4 Å². The van der Waals surface area contributed by atoms with Crippen molar-refractivity contribution in [2.45, 2.75) is 38.9 Å². The van der Waals surface area contributed by atoms with Gasteiger partial charge >= 0.3 is 0 Å². The number of amides is 1. The number of imidazole rings is 1. The first kappa shape index (κ1) is 16.9. The molecule has 0 spiro atoms. The predicted octanol–water partition coefficient (Wildman–Crippen LogP) is 1.77. The van der Waals surface area contributed by atoms with Gasteiger partial charge in [0.15, 0.2) is 11.5 Å². The molecular weight excluding hydrogens is 332 g/mol. The number of hydrogen-bond donors (Lipinski definition) is 1. The average molecular weight is 356 g/mol. The molecule has 1 aromatic heterocycles. The Morgan fingerprint density at radius 1 is 1.35 bits per heavy atom. The van der Waals surface area contributed by atoms with E-state index in [1.165, 1.54) is 0 Å². The quantitative estimate of drug-likeness (QED) is 0.904. The maximum absolute atomic E-state index is 12.8. The third kappa shape index (κ3) is 3.14. The topological polar surface area (TPSA) is 68.6 Å². The number of hydrogen-bond acceptors (Lipinski definition) is 5. The van der Waals surface area contributed by atoms with E-state index >= 15 is 0 Å². The van der Waals surface area contributed by atoms with Crippen molar-refractivity contribution in [2.24, 2.45) is 7.05 Å². The molecule has 0 saturated carbocycles. The van der Waals surface area contributed by atoms with Crippen LogP contribution >= 0.6 is 0 Å². The molecule has 7 heteroatoms. The molecule has 1 atom stereocenters. The Labute approximate surface area is 152 Å². The van der Waals surface area contributed by atoms with Gasteiger partial charge in [-0.05, 0) is 31.5 Å². The van der Waals surface area contributed by atoms with Crippen LogP contribution in [0.15, 0.2) is 24.5 Å². The Morgan fingerprint density at radius 3 is 2.96 bits per heavy atom. The summed E-state index contributed by atoms with van der Waals surface area (Å²) in [7, 11) is 1.95. The highest BCUT2D eigenvalue weighted by atomic mass is 16.7. The summed E-state index contributed by atoms with van der Waals surface area (Å²) in [5.74, 6) is 1.41. The lowest BCUT2D eigenvalue weighted by molar-refractivity contribution is -0.124. The van der Waals surface area contributed by atoms with Gasteiger partial charge in [0.05, 0.1) is 23.6 Å². The average Bonchev–Trinajstić information content (AvgIpc) is 3.20. The first-order valence-corrected chi connectivity index (χ1v) is 8.92. The first-order chi connectivity index (χ1) is 12.5. The van der Waals surface area contributed by atoms with Crippen LogP contribution in [0.2, 0.25) is 0 Å². The Kier molecular flexibility index (Phi) is 4.32. The lowest BCUT2D eigenvalue weighted by Gasteiger charge is -2.32. The first-order valence-electron chi connectivity index (χ1n) is 8.92. The monoisotopic (exact) mass is 356 g/mol. The molecule has 26 heavy (non-hydrogen) atoms. The van der Waals surface area contributed by atoms with Crippen molar-refractivity contribution in [2.75, 3.05) is 13.3 Å². The van der Waals surface area contributed by atoms with Crippen molar-refractivity contribution < 1.29 is 14.3 Å². The number of carbonyl (C=O) groups excluding carboxylic acids is 1. The van der Waals surface area contributed by atoms with Gasteiger partial charge in [-0.2, -0.15) is 0 Å². The third-order valence-electron chi connectivity index (χ3n) is 4.80. The third-order valence-corrected chi connectivity index (χ3v) is 4.80. The molecule has 2 aromatic rings. The van der Waals surface area contributed by atoms with Gasteiger partial charge in [0.25, 0.3) is 0 Å². The van der Waals surface area contributed by atoms with Gasteiger partial charge in [-0.15, -0.1) is 0 Å². The molecular formula is C19H24N4O3. The zero-order valence-corrected chi connectivity index (χ0v) is 15.4. The lowest BCUT2D eigenvalue weighted by atomic mass is 9.96. The number of rotatable bonds is 4. The molecule has 1 aromatic carbocycles. The minimum absolute atomic E-state index is 0.0558. The summed E-state index contributed by atoms with van der Waals surface area (Å²) < 4.78 is 12.8. The Bertz CT molecular complexity index is 830. The van der Waals surface area contributed by atoms with E-state index in [1.54, 1.807) is 6.33 Å². The molecule has 0 aliphatic carbocycles. The zero-order chi connectivity index (χ0) is 18.3. The van der Waals surface area contributed by atoms with Gasteiger partial charge in [0, 0.05) is 32.7 Å². The maximum Gasteiger partial charge on any atom is 0.231 e. The summed E-state index contributed by atoms with van der Waals surface area (Å²) >= 11 is 0. The van der Waals surface area contributed by atoms with Crippen LogP contribution in [0.4, 0.5) is 0 Å². The van der Waals surface area contributed by atoms with Gasteiger partial charge in [-0.25, -0.2) is 4.98 Å². The van der Waals surface area contributed by atoms with Crippen LogP contribution in [0.5, 0.6) is 11.5 Å². The van der Waals surface area contributed by atoms with E-state index in [9.17, 15) is 4.79 Å². The summed E-state index contributed by atoms with van der Waals surface area (Å²) in [6.07, 6.45) is 1.80. The molecule has 3 heterocycles. The van der Waals surface area contributed by atoms with Crippen LogP contribution in [0, 0.1) is 0 Å². The van der Waals surface area contributed by atoms with E-state index in [-0.39, 0.29) is 24.7 Å². The molecule has 2 aliphatic heterocycles. The fourth-order valence-electron chi connectivity index (χ4n) is 3.69.